The molecule has 13 heteroatoms. The SMILES string of the molecule is Cc1c(NC(=O)Nc2nnc(N3CCN(C)CC3)s2)sc(C(=O)N2CCOCC2)c1Cl. The normalized spacial score (nSPS) is 17.6. The summed E-state index contributed by atoms with van der Waals surface area (Å²) in [4.78, 5) is 31.8. The molecule has 2 aromatic rings. The first-order valence-electron chi connectivity index (χ1n) is 9.93. The molecule has 2 aromatic heterocycles. The molecule has 2 fully saturated rings. The molecule has 168 valence electrons. The summed E-state index contributed by atoms with van der Waals surface area (Å²) in [6.45, 7) is 7.55. The topological polar surface area (TPSA) is 103 Å². The molecular weight excluding hydrogens is 462 g/mol. The van der Waals surface area contributed by atoms with Gasteiger partial charge in [0.15, 0.2) is 0 Å². The number of amides is 3. The maximum absolute atomic E-state index is 12.8. The number of aromatic nitrogens is 2. The van der Waals surface area contributed by atoms with Crippen LogP contribution in [0.15, 0.2) is 0 Å². The number of urea groups is 1. The molecule has 31 heavy (non-hydrogen) atoms. The highest BCUT2D eigenvalue weighted by Gasteiger charge is 2.26. The van der Waals surface area contributed by atoms with Crippen molar-refractivity contribution < 1.29 is 14.3 Å². The number of ether oxygens (including phenoxy) is 1. The zero-order valence-electron chi connectivity index (χ0n) is 17.3. The summed E-state index contributed by atoms with van der Waals surface area (Å²) in [7, 11) is 2.09. The zero-order valence-corrected chi connectivity index (χ0v) is 19.7. The molecule has 0 bridgehead atoms. The van der Waals surface area contributed by atoms with Gasteiger partial charge in [0.2, 0.25) is 10.3 Å². The van der Waals surface area contributed by atoms with Gasteiger partial charge in [0.25, 0.3) is 5.91 Å². The summed E-state index contributed by atoms with van der Waals surface area (Å²) in [5.74, 6) is -0.143. The van der Waals surface area contributed by atoms with Crippen molar-refractivity contribution in [1.82, 2.24) is 20.0 Å². The van der Waals surface area contributed by atoms with E-state index in [4.69, 9.17) is 16.3 Å². The van der Waals surface area contributed by atoms with Gasteiger partial charge in [0.1, 0.15) is 9.88 Å². The number of morpholine rings is 1. The highest BCUT2D eigenvalue weighted by Crippen LogP contribution is 2.37. The number of likely N-dealkylation sites (N-methyl/N-ethyl adjacent to an activating group) is 1. The van der Waals surface area contributed by atoms with Crippen LogP contribution in [0, 0.1) is 6.92 Å². The lowest BCUT2D eigenvalue weighted by Crippen LogP contribution is -2.44. The molecule has 0 unspecified atom stereocenters. The Balaban J connectivity index is 1.38. The highest BCUT2D eigenvalue weighted by atomic mass is 35.5. The van der Waals surface area contributed by atoms with E-state index in [1.807, 2.05) is 0 Å². The number of rotatable bonds is 4. The number of nitrogens with one attached hydrogen (secondary N) is 2. The molecule has 0 spiro atoms. The first kappa shape index (κ1) is 22.2. The molecule has 2 aliphatic rings. The first-order valence-corrected chi connectivity index (χ1v) is 11.9. The summed E-state index contributed by atoms with van der Waals surface area (Å²) in [6.07, 6.45) is 0. The Kier molecular flexibility index (Phi) is 6.92. The van der Waals surface area contributed by atoms with Crippen molar-refractivity contribution in [2.24, 2.45) is 0 Å². The Hall–Kier alpha value is -1.99. The second-order valence-electron chi connectivity index (χ2n) is 7.36. The lowest BCUT2D eigenvalue weighted by atomic mass is 10.3. The van der Waals surface area contributed by atoms with E-state index in [1.165, 1.54) is 22.7 Å². The van der Waals surface area contributed by atoms with E-state index in [9.17, 15) is 9.59 Å². The average molecular weight is 486 g/mol. The number of carbonyl (C=O) groups excluding carboxylic acids is 2. The molecule has 0 saturated carbocycles. The number of anilines is 3. The van der Waals surface area contributed by atoms with Crippen molar-refractivity contribution in [2.75, 3.05) is 75.1 Å². The van der Waals surface area contributed by atoms with Crippen LogP contribution in [-0.2, 0) is 4.74 Å². The minimum absolute atomic E-state index is 0.143. The standard InChI is InChI=1S/C18H24ClN7O3S2/c1-11-12(19)13(15(27)25-7-9-29-10-8-25)30-14(11)20-16(28)21-17-22-23-18(31-17)26-5-3-24(2)4-6-26/h3-10H2,1-2H3,(H2,20,21,22,28). The highest BCUT2D eigenvalue weighted by molar-refractivity contribution is 7.19. The molecule has 0 aliphatic carbocycles. The summed E-state index contributed by atoms with van der Waals surface area (Å²) in [6, 6.07) is -0.451. The van der Waals surface area contributed by atoms with Crippen molar-refractivity contribution in [3.05, 3.63) is 15.5 Å². The number of carbonyl (C=O) groups is 2. The molecule has 0 atom stereocenters. The quantitative estimate of drug-likeness (QED) is 0.685. The van der Waals surface area contributed by atoms with Gasteiger partial charge in [-0.25, -0.2) is 4.79 Å². The maximum Gasteiger partial charge on any atom is 0.326 e. The van der Waals surface area contributed by atoms with E-state index in [0.717, 1.165) is 31.3 Å². The van der Waals surface area contributed by atoms with Gasteiger partial charge in [0, 0.05) is 44.8 Å². The fourth-order valence-corrected chi connectivity index (χ4v) is 5.48. The Morgan fingerprint density at radius 2 is 1.74 bits per heavy atom. The molecule has 10 nitrogen and oxygen atoms in total. The molecule has 3 amide bonds. The summed E-state index contributed by atoms with van der Waals surface area (Å²) < 4.78 is 5.30. The van der Waals surface area contributed by atoms with Crippen LogP contribution in [0.2, 0.25) is 5.02 Å². The van der Waals surface area contributed by atoms with Crippen molar-refractivity contribution in [2.45, 2.75) is 6.92 Å². The number of thiophene rings is 1. The monoisotopic (exact) mass is 485 g/mol. The second-order valence-corrected chi connectivity index (χ2v) is 9.72. The van der Waals surface area contributed by atoms with Gasteiger partial charge in [0.05, 0.1) is 18.2 Å². The van der Waals surface area contributed by atoms with Gasteiger partial charge in [-0.2, -0.15) is 0 Å². The third kappa shape index (κ3) is 5.09. The lowest BCUT2D eigenvalue weighted by molar-refractivity contribution is 0.0306. The van der Waals surface area contributed by atoms with Crippen LogP contribution in [0.25, 0.3) is 0 Å². The lowest BCUT2D eigenvalue weighted by Gasteiger charge is -2.31. The van der Waals surface area contributed by atoms with Gasteiger partial charge in [-0.05, 0) is 14.0 Å². The van der Waals surface area contributed by atoms with Crippen molar-refractivity contribution in [3.8, 4) is 0 Å². The van der Waals surface area contributed by atoms with E-state index in [-0.39, 0.29) is 5.91 Å². The molecule has 2 N–H and O–H groups in total. The fraction of sp³-hybridized carbons (Fsp3) is 0.556. The van der Waals surface area contributed by atoms with Crippen LogP contribution in [0.5, 0.6) is 0 Å². The van der Waals surface area contributed by atoms with Crippen LogP contribution in [0.4, 0.5) is 20.1 Å². The van der Waals surface area contributed by atoms with Gasteiger partial charge in [-0.15, -0.1) is 21.5 Å². The van der Waals surface area contributed by atoms with Gasteiger partial charge in [-0.1, -0.05) is 22.9 Å². The van der Waals surface area contributed by atoms with E-state index >= 15 is 0 Å². The van der Waals surface area contributed by atoms with Crippen LogP contribution >= 0.6 is 34.3 Å². The molecule has 2 aliphatic heterocycles. The number of halogens is 1. The van der Waals surface area contributed by atoms with Crippen molar-refractivity contribution in [1.29, 1.82) is 0 Å². The van der Waals surface area contributed by atoms with Crippen LogP contribution in [-0.4, -0.2) is 91.5 Å². The minimum Gasteiger partial charge on any atom is -0.378 e. The number of hydrogen-bond acceptors (Lipinski definition) is 9. The smallest absolute Gasteiger partial charge is 0.326 e. The minimum atomic E-state index is -0.451. The molecule has 2 saturated heterocycles. The predicted octanol–water partition coefficient (Wildman–Crippen LogP) is 2.43. The Bertz CT molecular complexity index is 952. The van der Waals surface area contributed by atoms with Crippen molar-refractivity contribution >= 4 is 61.5 Å². The summed E-state index contributed by atoms with van der Waals surface area (Å²) in [5, 5.41) is 15.9. The van der Waals surface area contributed by atoms with Gasteiger partial charge < -0.3 is 19.4 Å². The molecule has 0 aromatic carbocycles. The molecule has 4 heterocycles. The third-order valence-electron chi connectivity index (χ3n) is 5.20. The van der Waals surface area contributed by atoms with Crippen LogP contribution in [0.1, 0.15) is 15.2 Å². The van der Waals surface area contributed by atoms with E-state index in [1.54, 1.807) is 11.8 Å². The third-order valence-corrected chi connectivity index (χ3v) is 7.88. The maximum atomic E-state index is 12.8. The fourth-order valence-electron chi connectivity index (χ4n) is 3.28. The zero-order chi connectivity index (χ0) is 22.0. The van der Waals surface area contributed by atoms with E-state index in [2.05, 4.69) is 37.7 Å². The number of hydrogen-bond donors (Lipinski definition) is 2. The summed E-state index contributed by atoms with van der Waals surface area (Å²) in [5.41, 5.74) is 0.661. The second kappa shape index (κ2) is 9.65. The van der Waals surface area contributed by atoms with Crippen LogP contribution < -0.4 is 15.5 Å². The van der Waals surface area contributed by atoms with Gasteiger partial charge >= 0.3 is 6.03 Å². The Morgan fingerprint density at radius 3 is 2.45 bits per heavy atom. The van der Waals surface area contributed by atoms with Crippen LogP contribution in [0.3, 0.4) is 0 Å². The largest absolute Gasteiger partial charge is 0.378 e. The van der Waals surface area contributed by atoms with Gasteiger partial charge in [-0.3, -0.25) is 15.4 Å². The molecule has 4 rings (SSSR count). The summed E-state index contributed by atoms with van der Waals surface area (Å²) >= 11 is 8.91. The average Bonchev–Trinajstić information content (AvgIpc) is 3.34. The first-order chi connectivity index (χ1) is 14.9. The number of nitrogens with zero attached hydrogens (tertiary/aromatic N) is 5. The Morgan fingerprint density at radius 1 is 1.03 bits per heavy atom. The predicted molar refractivity (Wildman–Crippen MR) is 123 cm³/mol. The van der Waals surface area contributed by atoms with E-state index in [0.29, 0.717) is 51.9 Å². The molecule has 0 radical (unpaired) electrons. The van der Waals surface area contributed by atoms with E-state index < -0.39 is 6.03 Å². The van der Waals surface area contributed by atoms with Crippen molar-refractivity contribution in [3.63, 3.8) is 0 Å². The molecular formula is C18H24ClN7O3S2. The Labute approximate surface area is 193 Å². The number of piperazine rings is 1.